The zero-order valence-electron chi connectivity index (χ0n) is 24.2. The minimum Gasteiger partial charge on any atom is -0.493 e. The van der Waals surface area contributed by atoms with Crippen LogP contribution in [0, 0.1) is 0 Å². The molecule has 0 radical (unpaired) electrons. The zero-order chi connectivity index (χ0) is 30.2. The lowest BCUT2D eigenvalue weighted by Crippen LogP contribution is -2.38. The van der Waals surface area contributed by atoms with Gasteiger partial charge in [-0.15, -0.1) is 0 Å². The quantitative estimate of drug-likeness (QED) is 0.195. The Bertz CT molecular complexity index is 2100. The summed E-state index contributed by atoms with van der Waals surface area (Å²) in [5, 5.41) is 0. The van der Waals surface area contributed by atoms with Crippen LogP contribution in [0.4, 0.5) is 0 Å². The fourth-order valence-corrected chi connectivity index (χ4v) is 7.20. The van der Waals surface area contributed by atoms with Crippen LogP contribution in [0.3, 0.4) is 0 Å². The molecule has 44 heavy (non-hydrogen) atoms. The number of allylic oxidation sites excluding steroid dienone is 1. The van der Waals surface area contributed by atoms with Crippen LogP contribution >= 0.6 is 27.3 Å². The molecule has 1 atom stereocenters. The lowest BCUT2D eigenvalue weighted by Gasteiger charge is -2.31. The fourth-order valence-electron chi connectivity index (χ4n) is 5.94. The number of hydrogen-bond donors (Lipinski definition) is 0. The van der Waals surface area contributed by atoms with Crippen molar-refractivity contribution in [3.05, 3.63) is 149 Å². The Balaban J connectivity index is 1.32. The molecule has 0 fully saturated rings. The van der Waals surface area contributed by atoms with E-state index >= 15 is 0 Å². The minimum atomic E-state index is -0.308. The molecule has 2 heterocycles. The first-order valence-electron chi connectivity index (χ1n) is 14.3. The van der Waals surface area contributed by atoms with Gasteiger partial charge in [-0.1, -0.05) is 81.9 Å². The summed E-state index contributed by atoms with van der Waals surface area (Å²) in [7, 11) is 3.26. The molecule has 1 aliphatic carbocycles. The highest BCUT2D eigenvalue weighted by Gasteiger charge is 2.33. The molecular formula is C36H29BrN2O4S. The van der Waals surface area contributed by atoms with Crippen molar-refractivity contribution in [3.63, 3.8) is 0 Å². The third-order valence-electron chi connectivity index (χ3n) is 8.07. The van der Waals surface area contributed by atoms with Crippen molar-refractivity contribution in [3.8, 4) is 17.2 Å². The predicted molar refractivity (Wildman–Crippen MR) is 177 cm³/mol. The van der Waals surface area contributed by atoms with Gasteiger partial charge in [0.25, 0.3) is 5.56 Å². The highest BCUT2D eigenvalue weighted by atomic mass is 79.9. The van der Waals surface area contributed by atoms with E-state index in [4.69, 9.17) is 19.2 Å². The molecule has 0 bridgehead atoms. The summed E-state index contributed by atoms with van der Waals surface area (Å²) in [5.41, 5.74) is 7.36. The van der Waals surface area contributed by atoms with Gasteiger partial charge in [-0.2, -0.15) is 0 Å². The van der Waals surface area contributed by atoms with Crippen molar-refractivity contribution in [1.82, 2.24) is 4.57 Å². The first kappa shape index (κ1) is 28.4. The number of thiazole rings is 1. The van der Waals surface area contributed by atoms with Gasteiger partial charge in [-0.05, 0) is 83.1 Å². The van der Waals surface area contributed by atoms with Gasteiger partial charge < -0.3 is 14.2 Å². The number of nitrogens with zero attached hydrogens (tertiary/aromatic N) is 2. The fraction of sp³-hybridized carbons (Fsp3) is 0.167. The van der Waals surface area contributed by atoms with E-state index in [1.54, 1.807) is 14.2 Å². The highest BCUT2D eigenvalue weighted by Crippen LogP contribution is 2.42. The SMILES string of the molecule is COc1ccc([C@@H]2C3=C(N=c4s/c(=C\c5cccc(OCc6ccc(Br)cc6)c5)c(=O)n42)c2ccccc2CC3)cc1OC. The number of fused-ring (bicyclic) bond motifs is 3. The van der Waals surface area contributed by atoms with E-state index < -0.39 is 0 Å². The number of rotatable bonds is 7. The molecule has 5 aromatic rings. The molecule has 0 saturated carbocycles. The Morgan fingerprint density at radius 2 is 1.75 bits per heavy atom. The van der Waals surface area contributed by atoms with E-state index in [2.05, 4.69) is 40.2 Å². The van der Waals surface area contributed by atoms with E-state index in [1.807, 2.05) is 77.4 Å². The Morgan fingerprint density at radius 3 is 2.57 bits per heavy atom. The number of ether oxygens (including phenoxy) is 3. The van der Waals surface area contributed by atoms with Gasteiger partial charge in [0, 0.05) is 10.0 Å². The molecular weight excluding hydrogens is 636 g/mol. The monoisotopic (exact) mass is 664 g/mol. The van der Waals surface area contributed by atoms with Crippen LogP contribution < -0.4 is 29.1 Å². The second kappa shape index (κ2) is 11.9. The van der Waals surface area contributed by atoms with E-state index in [0.717, 1.165) is 56.6 Å². The molecule has 0 spiro atoms. The average Bonchev–Trinajstić information content (AvgIpc) is 3.37. The van der Waals surface area contributed by atoms with E-state index in [-0.39, 0.29) is 11.6 Å². The molecule has 6 nitrogen and oxygen atoms in total. The van der Waals surface area contributed by atoms with Crippen LogP contribution in [0.5, 0.6) is 17.2 Å². The predicted octanol–water partition coefficient (Wildman–Crippen LogP) is 6.68. The van der Waals surface area contributed by atoms with Crippen LogP contribution in [-0.4, -0.2) is 18.8 Å². The Labute approximate surface area is 267 Å². The van der Waals surface area contributed by atoms with Crippen molar-refractivity contribution in [2.45, 2.75) is 25.5 Å². The van der Waals surface area contributed by atoms with Crippen molar-refractivity contribution in [2.75, 3.05) is 14.2 Å². The van der Waals surface area contributed by atoms with Crippen LogP contribution in [0.1, 0.15) is 40.3 Å². The van der Waals surface area contributed by atoms with Crippen molar-refractivity contribution < 1.29 is 14.2 Å². The molecule has 0 saturated heterocycles. The van der Waals surface area contributed by atoms with Crippen LogP contribution in [-0.2, 0) is 13.0 Å². The van der Waals surface area contributed by atoms with Crippen molar-refractivity contribution >= 4 is 39.0 Å². The van der Waals surface area contributed by atoms with Gasteiger partial charge in [0.05, 0.1) is 30.5 Å². The lowest BCUT2D eigenvalue weighted by molar-refractivity contribution is 0.306. The molecule has 7 rings (SSSR count). The van der Waals surface area contributed by atoms with Crippen LogP contribution in [0.2, 0.25) is 0 Å². The molecule has 1 aromatic heterocycles. The number of benzene rings is 4. The smallest absolute Gasteiger partial charge is 0.271 e. The van der Waals surface area contributed by atoms with Crippen LogP contribution in [0.25, 0.3) is 11.8 Å². The molecule has 0 N–H and O–H groups in total. The van der Waals surface area contributed by atoms with Gasteiger partial charge in [-0.3, -0.25) is 9.36 Å². The van der Waals surface area contributed by atoms with E-state index in [0.29, 0.717) is 27.4 Å². The summed E-state index contributed by atoms with van der Waals surface area (Å²) in [6.07, 6.45) is 3.64. The number of methoxy groups -OCH3 is 2. The molecule has 2 aliphatic rings. The maximum atomic E-state index is 14.2. The third-order valence-corrected chi connectivity index (χ3v) is 9.58. The summed E-state index contributed by atoms with van der Waals surface area (Å²) in [6, 6.07) is 29.9. The summed E-state index contributed by atoms with van der Waals surface area (Å²) in [5.74, 6) is 2.02. The molecule has 1 aliphatic heterocycles. The first-order chi connectivity index (χ1) is 21.5. The van der Waals surface area contributed by atoms with Gasteiger partial charge in [0.15, 0.2) is 16.3 Å². The number of hydrogen-bond acceptors (Lipinski definition) is 6. The van der Waals surface area contributed by atoms with Gasteiger partial charge in [0.2, 0.25) is 0 Å². The van der Waals surface area contributed by atoms with E-state index in [9.17, 15) is 4.79 Å². The minimum absolute atomic E-state index is 0.0693. The van der Waals surface area contributed by atoms with Crippen LogP contribution in [0.15, 0.2) is 111 Å². The number of aromatic nitrogens is 1. The number of halogens is 1. The zero-order valence-corrected chi connectivity index (χ0v) is 26.7. The van der Waals surface area contributed by atoms with Crippen molar-refractivity contribution in [2.24, 2.45) is 4.99 Å². The molecule has 0 amide bonds. The molecule has 220 valence electrons. The van der Waals surface area contributed by atoms with Gasteiger partial charge >= 0.3 is 0 Å². The summed E-state index contributed by atoms with van der Waals surface area (Å²) < 4.78 is 20.7. The number of aryl methyl sites for hydroxylation is 1. The third kappa shape index (κ3) is 5.29. The summed E-state index contributed by atoms with van der Waals surface area (Å²) in [6.45, 7) is 0.456. The Hall–Kier alpha value is -4.40. The Morgan fingerprint density at radius 1 is 0.932 bits per heavy atom. The molecule has 0 unspecified atom stereocenters. The second-order valence-electron chi connectivity index (χ2n) is 10.7. The summed E-state index contributed by atoms with van der Waals surface area (Å²) >= 11 is 4.89. The maximum absolute atomic E-state index is 14.2. The van der Waals surface area contributed by atoms with Gasteiger partial charge in [0.1, 0.15) is 12.4 Å². The summed E-state index contributed by atoms with van der Waals surface area (Å²) in [4.78, 5) is 20.0. The Kier molecular flexibility index (Phi) is 7.70. The normalized spacial score (nSPS) is 15.6. The second-order valence-corrected chi connectivity index (χ2v) is 12.6. The first-order valence-corrected chi connectivity index (χ1v) is 16.0. The largest absolute Gasteiger partial charge is 0.493 e. The lowest BCUT2D eigenvalue weighted by atomic mass is 9.83. The average molecular weight is 666 g/mol. The topological polar surface area (TPSA) is 62.0 Å². The van der Waals surface area contributed by atoms with E-state index in [1.165, 1.54) is 16.9 Å². The maximum Gasteiger partial charge on any atom is 0.271 e. The molecule has 8 heteroatoms. The van der Waals surface area contributed by atoms with Gasteiger partial charge in [-0.25, -0.2) is 4.99 Å². The standard InChI is InChI=1S/C36H29BrN2O4S/c1-41-30-17-13-25(20-31(30)42-2)34-29-16-12-24-7-3-4-9-28(24)33(29)38-36-39(34)35(40)32(44-36)19-23-6-5-8-27(18-23)43-21-22-10-14-26(37)15-11-22/h3-11,13-15,17-20,34H,12,16,21H2,1-2H3/b32-19-/t34-/m1/s1. The van der Waals surface area contributed by atoms with Crippen molar-refractivity contribution in [1.29, 1.82) is 0 Å². The highest BCUT2D eigenvalue weighted by molar-refractivity contribution is 9.10. The molecule has 4 aromatic carbocycles.